The van der Waals surface area contributed by atoms with Gasteiger partial charge in [-0.15, -0.1) is 0 Å². The fourth-order valence-corrected chi connectivity index (χ4v) is 0.726. The summed E-state index contributed by atoms with van der Waals surface area (Å²) in [5.74, 6) is 0. The molecule has 0 aliphatic rings. The lowest BCUT2D eigenvalue weighted by Crippen LogP contribution is -1.89. The normalized spacial score (nSPS) is 11.5. The van der Waals surface area contributed by atoms with Crippen LogP contribution in [0.25, 0.3) is 0 Å². The second-order valence-corrected chi connectivity index (χ2v) is 2.77. The van der Waals surface area contributed by atoms with E-state index in [-0.39, 0.29) is 6.61 Å². The Balaban J connectivity index is 4.00. The standard InChI is InChI=1S/C9H17NO/c1-4-5-9(7-11)6-10-8(2)3/h6,11H,4-5,7H2,1-3H3/b9-6+. The first kappa shape index (κ1) is 10.4. The molecule has 11 heavy (non-hydrogen) atoms. The van der Waals surface area contributed by atoms with E-state index in [0.717, 1.165) is 24.1 Å². The van der Waals surface area contributed by atoms with Gasteiger partial charge in [0.1, 0.15) is 0 Å². The topological polar surface area (TPSA) is 32.6 Å². The molecule has 0 bridgehead atoms. The minimum absolute atomic E-state index is 0.130. The van der Waals surface area contributed by atoms with Gasteiger partial charge in [-0.3, -0.25) is 4.99 Å². The summed E-state index contributed by atoms with van der Waals surface area (Å²) in [6.45, 7) is 6.10. The van der Waals surface area contributed by atoms with Crippen molar-refractivity contribution in [2.45, 2.75) is 33.6 Å². The van der Waals surface area contributed by atoms with Gasteiger partial charge in [0.05, 0.1) is 6.61 Å². The number of hydrogen-bond donors (Lipinski definition) is 1. The largest absolute Gasteiger partial charge is 0.392 e. The van der Waals surface area contributed by atoms with Crippen LogP contribution in [0.15, 0.2) is 16.8 Å². The summed E-state index contributed by atoms with van der Waals surface area (Å²) in [4.78, 5) is 4.11. The van der Waals surface area contributed by atoms with Gasteiger partial charge in [0.25, 0.3) is 0 Å². The lowest BCUT2D eigenvalue weighted by molar-refractivity contribution is 0.326. The van der Waals surface area contributed by atoms with E-state index in [4.69, 9.17) is 5.11 Å². The van der Waals surface area contributed by atoms with Crippen LogP contribution in [-0.2, 0) is 0 Å². The highest BCUT2D eigenvalue weighted by atomic mass is 16.3. The minimum atomic E-state index is 0.130. The van der Waals surface area contributed by atoms with Crippen LogP contribution < -0.4 is 0 Å². The summed E-state index contributed by atoms with van der Waals surface area (Å²) in [5, 5.41) is 8.83. The molecule has 0 aliphatic heterocycles. The smallest absolute Gasteiger partial charge is 0.0659 e. The average Bonchev–Trinajstić information content (AvgIpc) is 1.97. The Morgan fingerprint density at radius 1 is 1.45 bits per heavy atom. The van der Waals surface area contributed by atoms with Crippen molar-refractivity contribution in [1.29, 1.82) is 0 Å². The molecule has 0 atom stereocenters. The predicted octanol–water partition coefficient (Wildman–Crippen LogP) is 2.14. The SMILES string of the molecule is CCC/C(=C\N=C(C)C)CO. The van der Waals surface area contributed by atoms with Crippen LogP contribution in [0, 0.1) is 0 Å². The molecule has 0 heterocycles. The highest BCUT2D eigenvalue weighted by Crippen LogP contribution is 2.03. The van der Waals surface area contributed by atoms with Crippen molar-refractivity contribution < 1.29 is 5.11 Å². The van der Waals surface area contributed by atoms with Crippen LogP contribution in [-0.4, -0.2) is 17.4 Å². The summed E-state index contributed by atoms with van der Waals surface area (Å²) in [6, 6.07) is 0. The first-order chi connectivity index (χ1) is 5.20. The van der Waals surface area contributed by atoms with Gasteiger partial charge >= 0.3 is 0 Å². The maximum atomic E-state index is 8.83. The highest BCUT2D eigenvalue weighted by Gasteiger charge is 1.91. The first-order valence-corrected chi connectivity index (χ1v) is 4.00. The van der Waals surface area contributed by atoms with Crippen molar-refractivity contribution in [3.63, 3.8) is 0 Å². The van der Waals surface area contributed by atoms with E-state index >= 15 is 0 Å². The molecule has 0 aliphatic carbocycles. The van der Waals surface area contributed by atoms with Crippen LogP contribution in [0.4, 0.5) is 0 Å². The van der Waals surface area contributed by atoms with E-state index in [1.807, 2.05) is 13.8 Å². The van der Waals surface area contributed by atoms with Gasteiger partial charge < -0.3 is 5.11 Å². The Hall–Kier alpha value is -0.630. The predicted molar refractivity (Wildman–Crippen MR) is 48.9 cm³/mol. The van der Waals surface area contributed by atoms with Crippen molar-refractivity contribution in [1.82, 2.24) is 0 Å². The molecule has 0 aromatic rings. The second-order valence-electron chi connectivity index (χ2n) is 2.77. The molecule has 0 aromatic carbocycles. The molecule has 0 saturated carbocycles. The molecule has 1 N–H and O–H groups in total. The van der Waals surface area contributed by atoms with Gasteiger partial charge in [-0.05, 0) is 25.8 Å². The molecule has 0 radical (unpaired) electrons. The third-order valence-electron chi connectivity index (χ3n) is 1.28. The molecule has 0 rings (SSSR count). The molecular weight excluding hydrogens is 138 g/mol. The Bertz CT molecular complexity index is 155. The number of nitrogens with zero attached hydrogens (tertiary/aromatic N) is 1. The summed E-state index contributed by atoms with van der Waals surface area (Å²) in [5.41, 5.74) is 2.03. The molecular formula is C9H17NO. The summed E-state index contributed by atoms with van der Waals surface area (Å²) >= 11 is 0. The zero-order valence-electron chi connectivity index (χ0n) is 7.59. The Morgan fingerprint density at radius 2 is 2.09 bits per heavy atom. The monoisotopic (exact) mass is 155 g/mol. The fourth-order valence-electron chi connectivity index (χ4n) is 0.726. The molecule has 2 heteroatoms. The van der Waals surface area contributed by atoms with Crippen molar-refractivity contribution in [3.8, 4) is 0 Å². The number of aliphatic hydroxyl groups excluding tert-OH is 1. The maximum Gasteiger partial charge on any atom is 0.0659 e. The molecule has 0 unspecified atom stereocenters. The molecule has 0 saturated heterocycles. The van der Waals surface area contributed by atoms with Crippen LogP contribution in [0.3, 0.4) is 0 Å². The van der Waals surface area contributed by atoms with Crippen molar-refractivity contribution in [2.24, 2.45) is 4.99 Å². The summed E-state index contributed by atoms with van der Waals surface area (Å²) in [6.07, 6.45) is 3.76. The van der Waals surface area contributed by atoms with E-state index in [2.05, 4.69) is 11.9 Å². The van der Waals surface area contributed by atoms with E-state index in [9.17, 15) is 0 Å². The maximum absolute atomic E-state index is 8.83. The highest BCUT2D eigenvalue weighted by molar-refractivity contribution is 5.79. The number of aliphatic imine (C=N–C) groups is 1. The molecule has 0 aromatic heterocycles. The molecule has 2 nitrogen and oxygen atoms in total. The Morgan fingerprint density at radius 3 is 2.45 bits per heavy atom. The lowest BCUT2D eigenvalue weighted by Gasteiger charge is -1.97. The van der Waals surface area contributed by atoms with Crippen LogP contribution in [0.2, 0.25) is 0 Å². The second kappa shape index (κ2) is 6.10. The fraction of sp³-hybridized carbons (Fsp3) is 0.667. The van der Waals surface area contributed by atoms with E-state index in [0.29, 0.717) is 0 Å². The summed E-state index contributed by atoms with van der Waals surface area (Å²) in [7, 11) is 0. The van der Waals surface area contributed by atoms with Gasteiger partial charge in [-0.25, -0.2) is 0 Å². The zero-order valence-corrected chi connectivity index (χ0v) is 7.59. The molecule has 0 spiro atoms. The van der Waals surface area contributed by atoms with Gasteiger partial charge in [-0.2, -0.15) is 0 Å². The number of aliphatic hydroxyl groups is 1. The summed E-state index contributed by atoms with van der Waals surface area (Å²) < 4.78 is 0. The van der Waals surface area contributed by atoms with Crippen molar-refractivity contribution >= 4 is 5.71 Å². The minimum Gasteiger partial charge on any atom is -0.392 e. The van der Waals surface area contributed by atoms with Crippen molar-refractivity contribution in [2.75, 3.05) is 6.61 Å². The van der Waals surface area contributed by atoms with E-state index in [1.54, 1.807) is 6.20 Å². The third-order valence-corrected chi connectivity index (χ3v) is 1.28. The van der Waals surface area contributed by atoms with Crippen LogP contribution in [0.5, 0.6) is 0 Å². The van der Waals surface area contributed by atoms with Crippen LogP contribution in [0.1, 0.15) is 33.6 Å². The first-order valence-electron chi connectivity index (χ1n) is 4.00. The van der Waals surface area contributed by atoms with Gasteiger partial charge in [0.2, 0.25) is 0 Å². The van der Waals surface area contributed by atoms with Crippen LogP contribution >= 0.6 is 0 Å². The molecule has 64 valence electrons. The zero-order chi connectivity index (χ0) is 8.69. The van der Waals surface area contributed by atoms with Crippen molar-refractivity contribution in [3.05, 3.63) is 11.8 Å². The number of rotatable bonds is 4. The average molecular weight is 155 g/mol. The lowest BCUT2D eigenvalue weighted by atomic mass is 10.2. The number of hydrogen-bond acceptors (Lipinski definition) is 2. The third kappa shape index (κ3) is 5.80. The van der Waals surface area contributed by atoms with Gasteiger partial charge in [-0.1, -0.05) is 13.3 Å². The molecule has 0 amide bonds. The van der Waals surface area contributed by atoms with E-state index < -0.39 is 0 Å². The van der Waals surface area contributed by atoms with Gasteiger partial charge in [0, 0.05) is 11.9 Å². The van der Waals surface area contributed by atoms with Gasteiger partial charge in [0.15, 0.2) is 0 Å². The molecule has 0 fully saturated rings. The Labute approximate surface area is 68.7 Å². The van der Waals surface area contributed by atoms with E-state index in [1.165, 1.54) is 0 Å². The quantitative estimate of drug-likeness (QED) is 0.620. The Kier molecular flexibility index (Phi) is 5.75.